The van der Waals surface area contributed by atoms with Gasteiger partial charge in [0.2, 0.25) is 5.89 Å². The van der Waals surface area contributed by atoms with Gasteiger partial charge in [0, 0.05) is 13.5 Å². The van der Waals surface area contributed by atoms with E-state index < -0.39 is 23.4 Å². The highest BCUT2D eigenvalue weighted by atomic mass is 19.3. The quantitative estimate of drug-likeness (QED) is 0.808. The van der Waals surface area contributed by atoms with Crippen LogP contribution in [0.5, 0.6) is 5.75 Å². The van der Waals surface area contributed by atoms with E-state index in [1.54, 1.807) is 19.9 Å². The molecule has 2 aromatic rings. The molecular weight excluding hydrogens is 348 g/mol. The number of aryl methyl sites for hydroxylation is 1. The molecule has 140 valence electrons. The first-order valence-corrected chi connectivity index (χ1v) is 8.24. The lowest BCUT2D eigenvalue weighted by Crippen LogP contribution is -2.49. The molecule has 1 saturated heterocycles. The van der Waals surface area contributed by atoms with Crippen molar-refractivity contribution in [3.8, 4) is 5.75 Å². The summed E-state index contributed by atoms with van der Waals surface area (Å²) in [5.74, 6) is -4.70. The maximum absolute atomic E-state index is 15.0. The van der Waals surface area contributed by atoms with Gasteiger partial charge in [0.1, 0.15) is 11.8 Å². The predicted molar refractivity (Wildman–Crippen MR) is 85.8 cm³/mol. The van der Waals surface area contributed by atoms with Crippen LogP contribution in [0.15, 0.2) is 28.8 Å². The molecule has 1 amide bonds. The van der Waals surface area contributed by atoms with Gasteiger partial charge in [-0.05, 0) is 19.1 Å². The van der Waals surface area contributed by atoms with Crippen LogP contribution in [0, 0.1) is 6.92 Å². The lowest BCUT2D eigenvalue weighted by Gasteiger charge is -2.36. The average Bonchev–Trinajstić information content (AvgIpc) is 3.08. The summed E-state index contributed by atoms with van der Waals surface area (Å²) in [6.07, 6.45) is 0. The van der Waals surface area contributed by atoms with Crippen LogP contribution in [0.2, 0.25) is 0 Å². The Bertz CT molecular complexity index is 781. The molecule has 1 atom stereocenters. The van der Waals surface area contributed by atoms with Crippen molar-refractivity contribution in [3.05, 3.63) is 41.5 Å². The van der Waals surface area contributed by atoms with Crippen molar-refractivity contribution in [1.82, 2.24) is 15.0 Å². The fourth-order valence-electron chi connectivity index (χ4n) is 2.81. The lowest BCUT2D eigenvalue weighted by atomic mass is 10.0. The van der Waals surface area contributed by atoms with Gasteiger partial charge >= 0.3 is 5.92 Å². The zero-order chi connectivity index (χ0) is 18.7. The number of nitrogens with zero attached hydrogens (tertiary/aromatic N) is 3. The summed E-state index contributed by atoms with van der Waals surface area (Å²) in [6, 6.07) is 4.79. The molecule has 1 fully saturated rings. The molecule has 3 rings (SSSR count). The van der Waals surface area contributed by atoms with Crippen LogP contribution in [-0.2, 0) is 15.5 Å². The molecule has 2 heterocycles. The van der Waals surface area contributed by atoms with E-state index in [-0.39, 0.29) is 43.8 Å². The first-order chi connectivity index (χ1) is 12.4. The van der Waals surface area contributed by atoms with E-state index in [4.69, 9.17) is 14.0 Å². The number of halogens is 2. The topological polar surface area (TPSA) is 77.7 Å². The minimum Gasteiger partial charge on any atom is -0.493 e. The Kier molecular flexibility index (Phi) is 5.17. The molecule has 0 radical (unpaired) electrons. The molecule has 0 spiro atoms. The zero-order valence-electron chi connectivity index (χ0n) is 14.4. The molecule has 0 bridgehead atoms. The summed E-state index contributed by atoms with van der Waals surface area (Å²) in [5, 5.41) is 3.74. The van der Waals surface area contributed by atoms with E-state index in [2.05, 4.69) is 10.1 Å². The Hall–Kier alpha value is -2.55. The Morgan fingerprint density at radius 2 is 2.19 bits per heavy atom. The van der Waals surface area contributed by atoms with E-state index in [1.165, 1.54) is 18.2 Å². The van der Waals surface area contributed by atoms with Gasteiger partial charge in [-0.3, -0.25) is 4.79 Å². The Labute approximate surface area is 148 Å². The highest BCUT2D eigenvalue weighted by Crippen LogP contribution is 2.38. The second-order valence-electron chi connectivity index (χ2n) is 5.76. The monoisotopic (exact) mass is 367 g/mol. The Balaban J connectivity index is 1.92. The van der Waals surface area contributed by atoms with Crippen LogP contribution in [0.1, 0.15) is 30.2 Å². The summed E-state index contributed by atoms with van der Waals surface area (Å²) in [7, 11) is 0. The maximum Gasteiger partial charge on any atom is 0.353 e. The number of carbonyl (C=O) groups excluding carboxylic acids is 1. The number of hydrogen-bond donors (Lipinski definition) is 0. The van der Waals surface area contributed by atoms with Crippen LogP contribution in [0.25, 0.3) is 0 Å². The van der Waals surface area contributed by atoms with Crippen LogP contribution in [0.3, 0.4) is 0 Å². The number of amides is 1. The smallest absolute Gasteiger partial charge is 0.353 e. The molecule has 0 N–H and O–H groups in total. The number of alkyl halides is 2. The molecule has 1 aliphatic rings. The fraction of sp³-hybridized carbons (Fsp3) is 0.471. The van der Waals surface area contributed by atoms with Crippen LogP contribution in [-0.4, -0.2) is 47.3 Å². The van der Waals surface area contributed by atoms with Gasteiger partial charge in [-0.1, -0.05) is 17.3 Å². The minimum atomic E-state index is -3.76. The lowest BCUT2D eigenvalue weighted by molar-refractivity contribution is -0.168. The van der Waals surface area contributed by atoms with E-state index in [9.17, 15) is 4.79 Å². The second kappa shape index (κ2) is 7.36. The number of morpholine rings is 1. The van der Waals surface area contributed by atoms with Crippen molar-refractivity contribution in [2.24, 2.45) is 0 Å². The fourth-order valence-corrected chi connectivity index (χ4v) is 2.81. The van der Waals surface area contributed by atoms with E-state index in [1.807, 2.05) is 0 Å². The van der Waals surface area contributed by atoms with Crippen molar-refractivity contribution in [2.75, 3.05) is 26.4 Å². The maximum atomic E-state index is 15.0. The molecule has 0 saturated carbocycles. The van der Waals surface area contributed by atoms with Crippen molar-refractivity contribution in [3.63, 3.8) is 0 Å². The number of benzene rings is 1. The molecular formula is C17H19F2N3O4. The highest BCUT2D eigenvalue weighted by Gasteiger charge is 2.49. The molecule has 26 heavy (non-hydrogen) atoms. The largest absolute Gasteiger partial charge is 0.493 e. The summed E-state index contributed by atoms with van der Waals surface area (Å²) in [5.41, 5.74) is -0.471. The molecule has 1 aromatic heterocycles. The Morgan fingerprint density at radius 1 is 1.42 bits per heavy atom. The second-order valence-corrected chi connectivity index (χ2v) is 5.76. The van der Waals surface area contributed by atoms with Gasteiger partial charge in [-0.25, -0.2) is 0 Å². The van der Waals surface area contributed by atoms with Gasteiger partial charge in [0.25, 0.3) is 5.91 Å². The number of aromatic nitrogens is 2. The van der Waals surface area contributed by atoms with Gasteiger partial charge < -0.3 is 18.9 Å². The number of rotatable bonds is 5. The SMILES string of the molecule is CCOc1ccccc1C(F)(F)C(=O)N1CCOC[C@H]1c1noc(C)n1. The van der Waals surface area contributed by atoms with Crippen molar-refractivity contribution >= 4 is 5.91 Å². The third-order valence-electron chi connectivity index (χ3n) is 4.02. The average molecular weight is 367 g/mol. The van der Waals surface area contributed by atoms with Gasteiger partial charge in [-0.15, -0.1) is 0 Å². The third-order valence-corrected chi connectivity index (χ3v) is 4.02. The number of hydrogen-bond acceptors (Lipinski definition) is 6. The molecule has 0 unspecified atom stereocenters. The normalized spacial score (nSPS) is 18.0. The number of para-hydroxylation sites is 1. The first-order valence-electron chi connectivity index (χ1n) is 8.24. The standard InChI is InChI=1S/C17H19F2N3O4/c1-3-25-14-7-5-4-6-12(14)17(18,19)16(23)22-8-9-24-10-13(22)15-20-11(2)26-21-15/h4-7,13H,3,8-10H2,1-2H3/t13-/m0/s1. The molecule has 7 nitrogen and oxygen atoms in total. The van der Waals surface area contributed by atoms with Gasteiger partial charge in [-0.2, -0.15) is 13.8 Å². The number of carbonyl (C=O) groups is 1. The van der Waals surface area contributed by atoms with E-state index >= 15 is 8.78 Å². The van der Waals surface area contributed by atoms with E-state index in [0.29, 0.717) is 0 Å². The third kappa shape index (κ3) is 3.39. The van der Waals surface area contributed by atoms with E-state index in [0.717, 1.165) is 4.90 Å². The number of ether oxygens (including phenoxy) is 2. The minimum absolute atomic E-state index is 0.00345. The van der Waals surface area contributed by atoms with Crippen molar-refractivity contribution in [2.45, 2.75) is 25.8 Å². The van der Waals surface area contributed by atoms with Crippen molar-refractivity contribution < 1.29 is 27.6 Å². The first kappa shape index (κ1) is 18.2. The van der Waals surface area contributed by atoms with Crippen LogP contribution in [0.4, 0.5) is 8.78 Å². The van der Waals surface area contributed by atoms with Gasteiger partial charge in [0.05, 0.1) is 25.4 Å². The Morgan fingerprint density at radius 3 is 2.88 bits per heavy atom. The predicted octanol–water partition coefficient (Wildman–Crippen LogP) is 2.47. The summed E-state index contributed by atoms with van der Waals surface area (Å²) in [6.45, 7) is 3.66. The zero-order valence-corrected chi connectivity index (χ0v) is 14.4. The molecule has 9 heteroatoms. The molecule has 1 aromatic carbocycles. The van der Waals surface area contributed by atoms with Gasteiger partial charge in [0.15, 0.2) is 5.82 Å². The van der Waals surface area contributed by atoms with Crippen LogP contribution >= 0.6 is 0 Å². The summed E-state index contributed by atoms with van der Waals surface area (Å²) >= 11 is 0. The summed E-state index contributed by atoms with van der Waals surface area (Å²) < 4.78 is 45.6. The molecule has 0 aliphatic carbocycles. The van der Waals surface area contributed by atoms with Crippen LogP contribution < -0.4 is 4.74 Å². The highest BCUT2D eigenvalue weighted by molar-refractivity contribution is 5.86. The summed E-state index contributed by atoms with van der Waals surface area (Å²) in [4.78, 5) is 17.8. The molecule has 1 aliphatic heterocycles. The van der Waals surface area contributed by atoms with Crippen molar-refractivity contribution in [1.29, 1.82) is 0 Å².